The zero-order valence-electron chi connectivity index (χ0n) is 14.7. The molecule has 5 heteroatoms. The minimum absolute atomic E-state index is 0.140. The Hall–Kier alpha value is -2.04. The first-order valence-corrected chi connectivity index (χ1v) is 8.62. The van der Waals surface area contributed by atoms with E-state index in [0.717, 1.165) is 30.6 Å². The van der Waals surface area contributed by atoms with Gasteiger partial charge in [-0.15, -0.1) is 0 Å². The summed E-state index contributed by atoms with van der Waals surface area (Å²) >= 11 is 0. The van der Waals surface area contributed by atoms with Crippen LogP contribution < -0.4 is 10.1 Å². The van der Waals surface area contributed by atoms with E-state index in [1.807, 2.05) is 12.1 Å². The van der Waals surface area contributed by atoms with Crippen LogP contribution in [-0.2, 0) is 20.7 Å². The summed E-state index contributed by atoms with van der Waals surface area (Å²) in [5.74, 6) is 0.600. The topological polar surface area (TPSA) is 64.6 Å². The molecule has 5 nitrogen and oxygen atoms in total. The third-order valence-corrected chi connectivity index (χ3v) is 4.62. The lowest BCUT2D eigenvalue weighted by Crippen LogP contribution is -2.46. The van der Waals surface area contributed by atoms with Crippen molar-refractivity contribution in [1.82, 2.24) is 5.32 Å². The van der Waals surface area contributed by atoms with Crippen molar-refractivity contribution in [3.8, 4) is 5.75 Å². The summed E-state index contributed by atoms with van der Waals surface area (Å²) in [7, 11) is 1.59. The molecule has 1 aromatic carbocycles. The molecule has 0 spiro atoms. The maximum atomic E-state index is 12.2. The predicted octanol–water partition coefficient (Wildman–Crippen LogP) is 2.86. The number of methoxy groups -OCH3 is 1. The van der Waals surface area contributed by atoms with Crippen molar-refractivity contribution in [3.63, 3.8) is 0 Å². The van der Waals surface area contributed by atoms with E-state index in [0.29, 0.717) is 5.92 Å². The van der Waals surface area contributed by atoms with Crippen molar-refractivity contribution in [2.24, 2.45) is 5.92 Å². The van der Waals surface area contributed by atoms with Crippen molar-refractivity contribution < 1.29 is 19.1 Å². The average molecular weight is 333 g/mol. The van der Waals surface area contributed by atoms with Crippen molar-refractivity contribution in [2.45, 2.75) is 58.1 Å². The van der Waals surface area contributed by atoms with Gasteiger partial charge in [0, 0.05) is 6.04 Å². The van der Waals surface area contributed by atoms with Crippen LogP contribution in [0.2, 0.25) is 0 Å². The van der Waals surface area contributed by atoms with E-state index in [-0.39, 0.29) is 18.4 Å². The van der Waals surface area contributed by atoms with Gasteiger partial charge in [0.1, 0.15) is 5.75 Å². The molecule has 1 fully saturated rings. The molecule has 1 aliphatic rings. The molecule has 0 bridgehead atoms. The van der Waals surface area contributed by atoms with Crippen LogP contribution in [0.25, 0.3) is 0 Å². The van der Waals surface area contributed by atoms with Crippen molar-refractivity contribution in [2.75, 3.05) is 7.11 Å². The Balaban J connectivity index is 1.80. The monoisotopic (exact) mass is 333 g/mol. The molecule has 1 amide bonds. The van der Waals surface area contributed by atoms with Gasteiger partial charge in [-0.1, -0.05) is 31.9 Å². The van der Waals surface area contributed by atoms with Crippen LogP contribution in [0.3, 0.4) is 0 Å². The van der Waals surface area contributed by atoms with Crippen LogP contribution >= 0.6 is 0 Å². The van der Waals surface area contributed by atoms with Crippen molar-refractivity contribution in [3.05, 3.63) is 29.8 Å². The standard InChI is InChI=1S/C19H27NO4/c1-13-6-4-5-7-17(13)20-19(22)14(2)24-18(21)12-15-8-10-16(23-3)11-9-15/h8-11,13-14,17H,4-7,12H2,1-3H3,(H,20,22)/t13-,14-,17-/m1/s1. The number of rotatable bonds is 6. The van der Waals surface area contributed by atoms with Crippen LogP contribution in [0.5, 0.6) is 5.75 Å². The summed E-state index contributed by atoms with van der Waals surface area (Å²) in [5.41, 5.74) is 0.828. The van der Waals surface area contributed by atoms with Gasteiger partial charge in [-0.05, 0) is 43.4 Å². The number of benzene rings is 1. The van der Waals surface area contributed by atoms with Gasteiger partial charge in [-0.25, -0.2) is 0 Å². The lowest BCUT2D eigenvalue weighted by atomic mass is 9.86. The van der Waals surface area contributed by atoms with Crippen molar-refractivity contribution in [1.29, 1.82) is 0 Å². The SMILES string of the molecule is COc1ccc(CC(=O)O[C@H](C)C(=O)N[C@@H]2CCCC[C@H]2C)cc1. The van der Waals surface area contributed by atoms with E-state index in [4.69, 9.17) is 9.47 Å². The van der Waals surface area contributed by atoms with Gasteiger partial charge in [0.25, 0.3) is 5.91 Å². The Bertz CT molecular complexity index is 555. The maximum Gasteiger partial charge on any atom is 0.311 e. The van der Waals surface area contributed by atoms with Crippen LogP contribution in [0.4, 0.5) is 0 Å². The smallest absolute Gasteiger partial charge is 0.311 e. The molecule has 0 unspecified atom stereocenters. The summed E-state index contributed by atoms with van der Waals surface area (Å²) in [6.45, 7) is 3.78. The average Bonchev–Trinajstić information content (AvgIpc) is 2.57. The van der Waals surface area contributed by atoms with Gasteiger partial charge >= 0.3 is 5.97 Å². The number of nitrogens with one attached hydrogen (secondary N) is 1. The van der Waals surface area contributed by atoms with Gasteiger partial charge in [-0.3, -0.25) is 9.59 Å². The second-order valence-electron chi connectivity index (χ2n) is 6.53. The Kier molecular flexibility index (Phi) is 6.64. The third kappa shape index (κ3) is 5.25. The summed E-state index contributed by atoms with van der Waals surface area (Å²) in [4.78, 5) is 24.2. The Morgan fingerprint density at radius 3 is 2.50 bits per heavy atom. The number of esters is 1. The molecular formula is C19H27NO4. The summed E-state index contributed by atoms with van der Waals surface area (Å²) in [6, 6.07) is 7.41. The maximum absolute atomic E-state index is 12.2. The van der Waals surface area contributed by atoms with Crippen LogP contribution in [0.15, 0.2) is 24.3 Å². The van der Waals surface area contributed by atoms with E-state index in [1.165, 1.54) is 6.42 Å². The first kappa shape index (κ1) is 18.3. The highest BCUT2D eigenvalue weighted by Crippen LogP contribution is 2.23. The zero-order chi connectivity index (χ0) is 17.5. The van der Waals surface area contributed by atoms with Gasteiger partial charge in [0.2, 0.25) is 0 Å². The van der Waals surface area contributed by atoms with E-state index in [1.54, 1.807) is 26.2 Å². The van der Waals surface area contributed by atoms with E-state index in [2.05, 4.69) is 12.2 Å². The normalized spacial score (nSPS) is 21.6. The van der Waals surface area contributed by atoms with Crippen LogP contribution in [0, 0.1) is 5.92 Å². The predicted molar refractivity (Wildman–Crippen MR) is 91.8 cm³/mol. The fourth-order valence-corrected chi connectivity index (χ4v) is 3.03. The second kappa shape index (κ2) is 8.71. The lowest BCUT2D eigenvalue weighted by molar-refractivity contribution is -0.154. The molecule has 0 aliphatic heterocycles. The molecular weight excluding hydrogens is 306 g/mol. The second-order valence-corrected chi connectivity index (χ2v) is 6.53. The molecule has 3 atom stereocenters. The van der Waals surface area contributed by atoms with E-state index in [9.17, 15) is 9.59 Å². The number of ether oxygens (including phenoxy) is 2. The highest BCUT2D eigenvalue weighted by molar-refractivity contribution is 5.84. The van der Waals surface area contributed by atoms with Gasteiger partial charge < -0.3 is 14.8 Å². The molecule has 0 radical (unpaired) electrons. The molecule has 1 N–H and O–H groups in total. The zero-order valence-corrected chi connectivity index (χ0v) is 14.7. The molecule has 132 valence electrons. The van der Waals surface area contributed by atoms with Crippen LogP contribution in [0.1, 0.15) is 45.1 Å². The summed E-state index contributed by atoms with van der Waals surface area (Å²) in [6.07, 6.45) is 3.86. The molecule has 24 heavy (non-hydrogen) atoms. The number of hydrogen-bond donors (Lipinski definition) is 1. The van der Waals surface area contributed by atoms with Crippen molar-refractivity contribution >= 4 is 11.9 Å². The minimum Gasteiger partial charge on any atom is -0.497 e. The molecule has 2 rings (SSSR count). The Morgan fingerprint density at radius 2 is 1.88 bits per heavy atom. The summed E-state index contributed by atoms with van der Waals surface area (Å²) in [5, 5.41) is 3.02. The highest BCUT2D eigenvalue weighted by atomic mass is 16.5. The first-order valence-electron chi connectivity index (χ1n) is 8.62. The molecule has 0 heterocycles. The summed E-state index contributed by atoms with van der Waals surface area (Å²) < 4.78 is 10.3. The van der Waals surface area contributed by atoms with E-state index >= 15 is 0 Å². The molecule has 0 aromatic heterocycles. The Morgan fingerprint density at radius 1 is 1.21 bits per heavy atom. The first-order chi connectivity index (χ1) is 11.5. The lowest BCUT2D eigenvalue weighted by Gasteiger charge is -2.30. The minimum atomic E-state index is -0.773. The number of amides is 1. The van der Waals surface area contributed by atoms with Gasteiger partial charge in [-0.2, -0.15) is 0 Å². The van der Waals surface area contributed by atoms with E-state index < -0.39 is 12.1 Å². The molecule has 1 saturated carbocycles. The molecule has 1 aliphatic carbocycles. The van der Waals surface area contributed by atoms with Gasteiger partial charge in [0.15, 0.2) is 6.10 Å². The fraction of sp³-hybridized carbons (Fsp3) is 0.579. The number of carbonyl (C=O) groups excluding carboxylic acids is 2. The third-order valence-electron chi connectivity index (χ3n) is 4.62. The molecule has 0 saturated heterocycles. The van der Waals surface area contributed by atoms with Crippen LogP contribution in [-0.4, -0.2) is 31.1 Å². The molecule has 1 aromatic rings. The number of carbonyl (C=O) groups is 2. The fourth-order valence-electron chi connectivity index (χ4n) is 3.03. The Labute approximate surface area is 143 Å². The largest absolute Gasteiger partial charge is 0.497 e. The highest BCUT2D eigenvalue weighted by Gasteiger charge is 2.26. The van der Waals surface area contributed by atoms with Gasteiger partial charge in [0.05, 0.1) is 13.5 Å². The quantitative estimate of drug-likeness (QED) is 0.813. The number of hydrogen-bond acceptors (Lipinski definition) is 4.